The van der Waals surface area contributed by atoms with Crippen LogP contribution in [0.25, 0.3) is 11.1 Å². The average Bonchev–Trinajstić information content (AvgIpc) is 3.15. The van der Waals surface area contributed by atoms with Gasteiger partial charge in [0.2, 0.25) is 5.91 Å². The van der Waals surface area contributed by atoms with E-state index in [4.69, 9.17) is 0 Å². The standard InChI is InChI=1S/C22H23N3O3/c1-3-24-19(21(27)25(4-2)22(24)28)13-20(26)23-16-9-10-18-15(12-16)11-14-7-5-6-8-17(14)18/h5-10,12,19H,3-4,11,13H2,1-2H3,(H,23,26). The van der Waals surface area contributed by atoms with Crippen molar-refractivity contribution in [1.82, 2.24) is 9.80 Å². The van der Waals surface area contributed by atoms with Gasteiger partial charge in [-0.3, -0.25) is 14.5 Å². The molecule has 6 nitrogen and oxygen atoms in total. The highest BCUT2D eigenvalue weighted by Gasteiger charge is 2.44. The van der Waals surface area contributed by atoms with Crippen LogP contribution in [0.5, 0.6) is 0 Å². The van der Waals surface area contributed by atoms with Gasteiger partial charge in [0.25, 0.3) is 5.91 Å². The summed E-state index contributed by atoms with van der Waals surface area (Å²) in [5, 5.41) is 2.89. The number of urea groups is 1. The number of fused-ring (bicyclic) bond motifs is 3. The van der Waals surface area contributed by atoms with Crippen LogP contribution >= 0.6 is 0 Å². The molecule has 4 rings (SSSR count). The van der Waals surface area contributed by atoms with Crippen LogP contribution in [0.15, 0.2) is 42.5 Å². The van der Waals surface area contributed by atoms with Crippen molar-refractivity contribution in [1.29, 1.82) is 0 Å². The van der Waals surface area contributed by atoms with Crippen molar-refractivity contribution >= 4 is 23.5 Å². The van der Waals surface area contributed by atoms with Gasteiger partial charge in [0.15, 0.2) is 0 Å². The number of hydrogen-bond donors (Lipinski definition) is 1. The Hall–Kier alpha value is -3.15. The number of nitrogens with one attached hydrogen (secondary N) is 1. The number of benzene rings is 2. The molecule has 2 aliphatic rings. The molecule has 1 aliphatic heterocycles. The Morgan fingerprint density at radius 1 is 1.04 bits per heavy atom. The summed E-state index contributed by atoms with van der Waals surface area (Å²) >= 11 is 0. The first-order valence-electron chi connectivity index (χ1n) is 9.66. The second-order valence-electron chi connectivity index (χ2n) is 7.13. The summed E-state index contributed by atoms with van der Waals surface area (Å²) in [6, 6.07) is 13.2. The van der Waals surface area contributed by atoms with Gasteiger partial charge in [-0.05, 0) is 54.7 Å². The molecule has 144 valence electrons. The average molecular weight is 377 g/mol. The number of hydrogen-bond acceptors (Lipinski definition) is 3. The predicted octanol–water partition coefficient (Wildman–Crippen LogP) is 3.26. The number of rotatable bonds is 5. The van der Waals surface area contributed by atoms with Crippen molar-refractivity contribution in [3.8, 4) is 11.1 Å². The minimum Gasteiger partial charge on any atom is -0.326 e. The minimum atomic E-state index is -0.726. The molecule has 1 atom stereocenters. The lowest BCUT2D eigenvalue weighted by Crippen LogP contribution is -2.37. The summed E-state index contributed by atoms with van der Waals surface area (Å²) < 4.78 is 0. The molecule has 1 N–H and O–H groups in total. The van der Waals surface area contributed by atoms with Crippen LogP contribution < -0.4 is 5.32 Å². The molecule has 0 spiro atoms. The lowest BCUT2D eigenvalue weighted by molar-refractivity contribution is -0.130. The third-order valence-electron chi connectivity index (χ3n) is 5.52. The van der Waals surface area contributed by atoms with Crippen LogP contribution in [0, 0.1) is 0 Å². The quantitative estimate of drug-likeness (QED) is 0.694. The van der Waals surface area contributed by atoms with Crippen LogP contribution in [0.1, 0.15) is 31.4 Å². The third kappa shape index (κ3) is 2.95. The zero-order valence-corrected chi connectivity index (χ0v) is 16.1. The van der Waals surface area contributed by atoms with E-state index in [1.807, 2.05) is 37.3 Å². The SMILES string of the molecule is CCN1C(=O)C(CC(=O)Nc2ccc3c(c2)Cc2ccccc2-3)N(CC)C1=O. The van der Waals surface area contributed by atoms with E-state index in [0.717, 1.165) is 6.42 Å². The van der Waals surface area contributed by atoms with E-state index in [-0.39, 0.29) is 24.3 Å². The fourth-order valence-corrected chi connectivity index (χ4v) is 4.15. The fourth-order valence-electron chi connectivity index (χ4n) is 4.15. The summed E-state index contributed by atoms with van der Waals surface area (Å²) in [7, 11) is 0. The number of imide groups is 1. The summed E-state index contributed by atoms with van der Waals surface area (Å²) in [5.74, 6) is -0.563. The van der Waals surface area contributed by atoms with Crippen LogP contribution in [0.2, 0.25) is 0 Å². The van der Waals surface area contributed by atoms with Gasteiger partial charge in [-0.15, -0.1) is 0 Å². The van der Waals surface area contributed by atoms with E-state index in [1.54, 1.807) is 6.92 Å². The monoisotopic (exact) mass is 377 g/mol. The van der Waals surface area contributed by atoms with E-state index in [9.17, 15) is 14.4 Å². The minimum absolute atomic E-state index is 0.0355. The van der Waals surface area contributed by atoms with Crippen molar-refractivity contribution < 1.29 is 14.4 Å². The molecule has 1 unspecified atom stereocenters. The van der Waals surface area contributed by atoms with Gasteiger partial charge in [-0.1, -0.05) is 30.3 Å². The van der Waals surface area contributed by atoms with Crippen LogP contribution in [0.3, 0.4) is 0 Å². The van der Waals surface area contributed by atoms with Gasteiger partial charge in [0, 0.05) is 18.8 Å². The van der Waals surface area contributed by atoms with Gasteiger partial charge in [0.05, 0.1) is 6.42 Å². The Bertz CT molecular complexity index is 969. The van der Waals surface area contributed by atoms with Crippen molar-refractivity contribution in [2.75, 3.05) is 18.4 Å². The molecular weight excluding hydrogens is 354 g/mol. The highest BCUT2D eigenvalue weighted by molar-refractivity contribution is 6.07. The maximum absolute atomic E-state index is 12.6. The van der Waals surface area contributed by atoms with Crippen LogP contribution in [-0.2, 0) is 16.0 Å². The first kappa shape index (κ1) is 18.2. The molecule has 1 fully saturated rings. The first-order valence-corrected chi connectivity index (χ1v) is 9.66. The second-order valence-corrected chi connectivity index (χ2v) is 7.13. The maximum Gasteiger partial charge on any atom is 0.327 e. The van der Waals surface area contributed by atoms with Crippen LogP contribution in [-0.4, -0.2) is 46.8 Å². The zero-order chi connectivity index (χ0) is 19.8. The molecule has 0 aromatic heterocycles. The third-order valence-corrected chi connectivity index (χ3v) is 5.52. The first-order chi connectivity index (χ1) is 13.5. The number of amides is 4. The lowest BCUT2D eigenvalue weighted by Gasteiger charge is -2.19. The lowest BCUT2D eigenvalue weighted by atomic mass is 10.1. The normalized spacial score (nSPS) is 17.7. The number of carbonyl (C=O) groups excluding carboxylic acids is 3. The Morgan fingerprint density at radius 2 is 1.79 bits per heavy atom. The van der Waals surface area contributed by atoms with Crippen molar-refractivity contribution in [2.24, 2.45) is 0 Å². The highest BCUT2D eigenvalue weighted by Crippen LogP contribution is 2.37. The fraction of sp³-hybridized carbons (Fsp3) is 0.318. The van der Waals surface area contributed by atoms with Gasteiger partial charge in [-0.25, -0.2) is 4.79 Å². The van der Waals surface area contributed by atoms with Gasteiger partial charge >= 0.3 is 6.03 Å². The topological polar surface area (TPSA) is 69.7 Å². The molecule has 6 heteroatoms. The molecule has 28 heavy (non-hydrogen) atoms. The Balaban J connectivity index is 1.47. The number of carbonyl (C=O) groups is 3. The van der Waals surface area contributed by atoms with Crippen molar-refractivity contribution in [2.45, 2.75) is 32.7 Å². The molecule has 0 bridgehead atoms. The molecule has 1 aliphatic carbocycles. The Kier molecular flexibility index (Phi) is 4.63. The number of nitrogens with zero attached hydrogens (tertiary/aromatic N) is 2. The van der Waals surface area contributed by atoms with E-state index in [0.29, 0.717) is 18.8 Å². The highest BCUT2D eigenvalue weighted by atomic mass is 16.2. The predicted molar refractivity (Wildman–Crippen MR) is 107 cm³/mol. The van der Waals surface area contributed by atoms with Crippen LogP contribution in [0.4, 0.5) is 10.5 Å². The molecule has 2 aromatic carbocycles. The summed E-state index contributed by atoms with van der Waals surface area (Å²) in [4.78, 5) is 40.0. The second kappa shape index (κ2) is 7.11. The zero-order valence-electron chi connectivity index (χ0n) is 16.1. The molecule has 2 aromatic rings. The molecule has 1 heterocycles. The summed E-state index contributed by atoms with van der Waals surface area (Å²) in [6.07, 6.45) is 0.812. The van der Waals surface area contributed by atoms with Crippen molar-refractivity contribution in [3.63, 3.8) is 0 Å². The maximum atomic E-state index is 12.6. The smallest absolute Gasteiger partial charge is 0.326 e. The van der Waals surface area contributed by atoms with E-state index in [2.05, 4.69) is 17.4 Å². The number of likely N-dealkylation sites (N-methyl/N-ethyl adjacent to an activating group) is 2. The van der Waals surface area contributed by atoms with Crippen molar-refractivity contribution in [3.05, 3.63) is 53.6 Å². The molecule has 0 radical (unpaired) electrons. The largest absolute Gasteiger partial charge is 0.327 e. The van der Waals surface area contributed by atoms with E-state index < -0.39 is 6.04 Å². The van der Waals surface area contributed by atoms with Gasteiger partial charge in [-0.2, -0.15) is 0 Å². The molecule has 0 saturated carbocycles. The van der Waals surface area contributed by atoms with E-state index >= 15 is 0 Å². The summed E-state index contributed by atoms with van der Waals surface area (Å²) in [5.41, 5.74) is 5.61. The van der Waals surface area contributed by atoms with Gasteiger partial charge < -0.3 is 10.2 Å². The Labute approximate surface area is 164 Å². The van der Waals surface area contributed by atoms with Gasteiger partial charge in [0.1, 0.15) is 6.04 Å². The molecule has 1 saturated heterocycles. The summed E-state index contributed by atoms with van der Waals surface area (Å²) in [6.45, 7) is 4.29. The molecule has 4 amide bonds. The van der Waals surface area contributed by atoms with E-state index in [1.165, 1.54) is 32.1 Å². The Morgan fingerprint density at radius 3 is 2.54 bits per heavy atom. The number of anilines is 1. The molecular formula is C22H23N3O3.